The SMILES string of the molecule is CC(Cn1ccc(=O)[nH]c1=O)C(N)=S. The fourth-order valence-electron chi connectivity index (χ4n) is 0.973. The zero-order chi connectivity index (χ0) is 10.7. The molecule has 0 radical (unpaired) electrons. The van der Waals surface area contributed by atoms with Gasteiger partial charge in [0.1, 0.15) is 0 Å². The van der Waals surface area contributed by atoms with Crippen molar-refractivity contribution in [1.82, 2.24) is 9.55 Å². The van der Waals surface area contributed by atoms with E-state index in [1.54, 1.807) is 0 Å². The van der Waals surface area contributed by atoms with Crippen LogP contribution in [0, 0.1) is 5.92 Å². The molecule has 0 saturated heterocycles. The van der Waals surface area contributed by atoms with E-state index in [-0.39, 0.29) is 5.92 Å². The van der Waals surface area contributed by atoms with Crippen LogP contribution in [0.1, 0.15) is 6.92 Å². The van der Waals surface area contributed by atoms with Crippen molar-refractivity contribution >= 4 is 17.2 Å². The summed E-state index contributed by atoms with van der Waals surface area (Å²) in [6, 6.07) is 1.29. The van der Waals surface area contributed by atoms with Crippen molar-refractivity contribution in [3.05, 3.63) is 33.1 Å². The van der Waals surface area contributed by atoms with Gasteiger partial charge >= 0.3 is 5.69 Å². The summed E-state index contributed by atoms with van der Waals surface area (Å²) in [6.07, 6.45) is 1.43. The molecule has 0 saturated carbocycles. The fraction of sp³-hybridized carbons (Fsp3) is 0.375. The summed E-state index contributed by atoms with van der Waals surface area (Å²) >= 11 is 4.78. The summed E-state index contributed by atoms with van der Waals surface area (Å²) in [5, 5.41) is 0. The summed E-state index contributed by atoms with van der Waals surface area (Å²) in [4.78, 5) is 24.5. The topological polar surface area (TPSA) is 80.9 Å². The van der Waals surface area contributed by atoms with Gasteiger partial charge in [0, 0.05) is 24.7 Å². The maximum atomic E-state index is 11.2. The van der Waals surface area contributed by atoms with Gasteiger partial charge in [-0.2, -0.15) is 0 Å². The van der Waals surface area contributed by atoms with Crippen LogP contribution in [0.25, 0.3) is 0 Å². The van der Waals surface area contributed by atoms with Crippen LogP contribution in [0.2, 0.25) is 0 Å². The molecular formula is C8H11N3O2S. The third-order valence-electron chi connectivity index (χ3n) is 1.85. The van der Waals surface area contributed by atoms with E-state index in [0.29, 0.717) is 11.5 Å². The molecular weight excluding hydrogens is 202 g/mol. The van der Waals surface area contributed by atoms with Gasteiger partial charge in [-0.05, 0) is 0 Å². The first-order chi connectivity index (χ1) is 6.50. The molecule has 1 aromatic rings. The van der Waals surface area contributed by atoms with E-state index in [9.17, 15) is 9.59 Å². The minimum absolute atomic E-state index is 0.0754. The molecule has 0 aliphatic rings. The Kier molecular flexibility index (Phi) is 3.19. The molecule has 14 heavy (non-hydrogen) atoms. The summed E-state index contributed by atoms with van der Waals surface area (Å²) in [5.41, 5.74) is 4.56. The highest BCUT2D eigenvalue weighted by atomic mass is 32.1. The van der Waals surface area contributed by atoms with Gasteiger partial charge in [0.2, 0.25) is 0 Å². The number of rotatable bonds is 3. The number of nitrogens with zero attached hydrogens (tertiary/aromatic N) is 1. The van der Waals surface area contributed by atoms with Gasteiger partial charge in [-0.3, -0.25) is 14.3 Å². The zero-order valence-corrected chi connectivity index (χ0v) is 8.50. The third-order valence-corrected chi connectivity index (χ3v) is 2.26. The highest BCUT2D eigenvalue weighted by Gasteiger charge is 2.06. The van der Waals surface area contributed by atoms with E-state index in [1.807, 2.05) is 6.92 Å². The Labute approximate surface area is 85.6 Å². The Bertz CT molecular complexity index is 448. The number of nitrogens with one attached hydrogen (secondary N) is 1. The quantitative estimate of drug-likeness (QED) is 0.661. The normalized spacial score (nSPS) is 12.4. The molecule has 0 fully saturated rings. The molecule has 1 unspecified atom stereocenters. The Morgan fingerprint density at radius 1 is 1.71 bits per heavy atom. The summed E-state index contributed by atoms with van der Waals surface area (Å²) < 4.78 is 1.37. The lowest BCUT2D eigenvalue weighted by Gasteiger charge is -2.10. The first kappa shape index (κ1) is 10.6. The van der Waals surface area contributed by atoms with E-state index in [0.717, 1.165) is 0 Å². The first-order valence-electron chi connectivity index (χ1n) is 4.10. The Morgan fingerprint density at radius 2 is 2.36 bits per heavy atom. The fourth-order valence-corrected chi connectivity index (χ4v) is 1.05. The number of aromatic nitrogens is 2. The van der Waals surface area contributed by atoms with Crippen molar-refractivity contribution in [3.8, 4) is 0 Å². The van der Waals surface area contributed by atoms with Crippen LogP contribution in [-0.2, 0) is 6.54 Å². The molecule has 3 N–H and O–H groups in total. The molecule has 0 bridgehead atoms. The first-order valence-corrected chi connectivity index (χ1v) is 4.50. The molecule has 0 amide bonds. The summed E-state index contributed by atoms with van der Waals surface area (Å²) in [7, 11) is 0. The van der Waals surface area contributed by atoms with Crippen LogP contribution >= 0.6 is 12.2 Å². The molecule has 76 valence electrons. The van der Waals surface area contributed by atoms with E-state index in [2.05, 4.69) is 4.98 Å². The molecule has 0 aromatic carbocycles. The number of aromatic amines is 1. The van der Waals surface area contributed by atoms with E-state index in [4.69, 9.17) is 18.0 Å². The van der Waals surface area contributed by atoms with E-state index in [1.165, 1.54) is 16.8 Å². The number of thiocarbonyl (C=S) groups is 1. The standard InChI is InChI=1S/C8H11N3O2S/c1-5(7(9)14)4-11-3-2-6(12)10-8(11)13/h2-3,5H,4H2,1H3,(H2,9,14)(H,10,12,13). The lowest BCUT2D eigenvalue weighted by atomic mass is 10.2. The van der Waals surface area contributed by atoms with Crippen LogP contribution in [0.5, 0.6) is 0 Å². The Morgan fingerprint density at radius 3 is 2.86 bits per heavy atom. The van der Waals surface area contributed by atoms with Gasteiger partial charge in [0.25, 0.3) is 5.56 Å². The lowest BCUT2D eigenvalue weighted by molar-refractivity contribution is 0.567. The predicted octanol–water partition coefficient (Wildman–Crippen LogP) is -0.541. The van der Waals surface area contributed by atoms with Crippen LogP contribution < -0.4 is 17.0 Å². The number of hydrogen-bond acceptors (Lipinski definition) is 3. The highest BCUT2D eigenvalue weighted by molar-refractivity contribution is 7.80. The zero-order valence-electron chi connectivity index (χ0n) is 7.69. The van der Waals surface area contributed by atoms with Gasteiger partial charge in [0.05, 0.1) is 4.99 Å². The highest BCUT2D eigenvalue weighted by Crippen LogP contribution is 1.97. The van der Waals surface area contributed by atoms with Crippen LogP contribution in [0.15, 0.2) is 21.9 Å². The predicted molar refractivity (Wildman–Crippen MR) is 57.3 cm³/mol. The second-order valence-corrected chi connectivity index (χ2v) is 3.54. The van der Waals surface area contributed by atoms with Crippen LogP contribution in [-0.4, -0.2) is 14.5 Å². The second kappa shape index (κ2) is 4.19. The number of hydrogen-bond donors (Lipinski definition) is 2. The van der Waals surface area contributed by atoms with Crippen LogP contribution in [0.3, 0.4) is 0 Å². The van der Waals surface area contributed by atoms with Crippen molar-refractivity contribution in [1.29, 1.82) is 0 Å². The van der Waals surface area contributed by atoms with E-state index < -0.39 is 11.2 Å². The molecule has 1 rings (SSSR count). The van der Waals surface area contributed by atoms with Gasteiger partial charge in [-0.15, -0.1) is 0 Å². The third kappa shape index (κ3) is 2.53. The Hall–Kier alpha value is -1.43. The average molecular weight is 213 g/mol. The molecule has 1 aromatic heterocycles. The summed E-state index contributed by atoms with van der Waals surface area (Å²) in [5.74, 6) is -0.0754. The molecule has 1 heterocycles. The van der Waals surface area contributed by atoms with Gasteiger partial charge in [-0.1, -0.05) is 19.1 Å². The average Bonchev–Trinajstić information content (AvgIpc) is 2.09. The molecule has 0 spiro atoms. The molecule has 5 nitrogen and oxygen atoms in total. The van der Waals surface area contributed by atoms with Crippen molar-refractivity contribution in [2.75, 3.05) is 0 Å². The van der Waals surface area contributed by atoms with Crippen molar-refractivity contribution in [2.45, 2.75) is 13.5 Å². The second-order valence-electron chi connectivity index (χ2n) is 3.07. The lowest BCUT2D eigenvalue weighted by Crippen LogP contribution is -2.33. The van der Waals surface area contributed by atoms with Gasteiger partial charge < -0.3 is 5.73 Å². The van der Waals surface area contributed by atoms with Gasteiger partial charge in [-0.25, -0.2) is 4.79 Å². The maximum Gasteiger partial charge on any atom is 0.328 e. The van der Waals surface area contributed by atoms with Crippen molar-refractivity contribution in [2.24, 2.45) is 11.7 Å². The van der Waals surface area contributed by atoms with Crippen LogP contribution in [0.4, 0.5) is 0 Å². The number of H-pyrrole nitrogens is 1. The minimum Gasteiger partial charge on any atom is -0.393 e. The van der Waals surface area contributed by atoms with E-state index >= 15 is 0 Å². The smallest absolute Gasteiger partial charge is 0.328 e. The molecule has 6 heteroatoms. The maximum absolute atomic E-state index is 11.2. The van der Waals surface area contributed by atoms with Gasteiger partial charge in [0.15, 0.2) is 0 Å². The molecule has 1 atom stereocenters. The molecule has 0 aliphatic carbocycles. The van der Waals surface area contributed by atoms with Crippen molar-refractivity contribution in [3.63, 3.8) is 0 Å². The van der Waals surface area contributed by atoms with Crippen molar-refractivity contribution < 1.29 is 0 Å². The number of nitrogens with two attached hydrogens (primary N) is 1. The Balaban J connectivity index is 2.93. The summed E-state index contributed by atoms with van der Waals surface area (Å²) in [6.45, 7) is 2.20. The monoisotopic (exact) mass is 213 g/mol. The molecule has 0 aliphatic heterocycles. The largest absolute Gasteiger partial charge is 0.393 e. The minimum atomic E-state index is -0.444.